The number of alkyl carbamates (subject to hydrolysis) is 2. The molecule has 0 unspecified atom stereocenters. The van der Waals surface area contributed by atoms with E-state index in [0.29, 0.717) is 24.0 Å². The van der Waals surface area contributed by atoms with Gasteiger partial charge in [0.15, 0.2) is 11.4 Å². The number of hydrogen-bond acceptors (Lipinski definition) is 17. The Balaban J connectivity index is 1.26. The molecule has 1 heterocycles. The maximum atomic E-state index is 15.9. The van der Waals surface area contributed by atoms with E-state index in [2.05, 4.69) is 10.6 Å². The molecule has 2 amide bonds. The average Bonchev–Trinajstić information content (AvgIpc) is 1.51. The van der Waals surface area contributed by atoms with Crippen LogP contribution in [0.15, 0.2) is 102 Å². The van der Waals surface area contributed by atoms with Gasteiger partial charge in [-0.05, 0) is 81.9 Å². The second-order valence-electron chi connectivity index (χ2n) is 22.3. The van der Waals surface area contributed by atoms with Gasteiger partial charge in [0, 0.05) is 52.4 Å². The van der Waals surface area contributed by atoms with Crippen molar-refractivity contribution < 1.29 is 81.3 Å². The third kappa shape index (κ3) is 12.1. The van der Waals surface area contributed by atoms with Crippen LogP contribution >= 0.6 is 0 Å². The van der Waals surface area contributed by atoms with Gasteiger partial charge in [0.2, 0.25) is 6.10 Å². The number of unbranched alkanes of at least 4 members (excludes halogenated alkanes) is 2. The Morgan fingerprint density at radius 3 is 2.06 bits per heavy atom. The summed E-state index contributed by atoms with van der Waals surface area (Å²) in [5, 5.41) is 19.5. The first-order chi connectivity index (χ1) is 36.9. The van der Waals surface area contributed by atoms with Crippen LogP contribution in [0, 0.1) is 16.7 Å². The number of carbonyl (C=O) groups excluding carboxylic acids is 7. The average molecular weight is 1080 g/mol. The molecule has 7 rings (SSSR count). The Labute approximate surface area is 455 Å². The van der Waals surface area contributed by atoms with Crippen LogP contribution in [0.2, 0.25) is 0 Å². The van der Waals surface area contributed by atoms with E-state index in [9.17, 15) is 29.1 Å². The zero-order valence-corrected chi connectivity index (χ0v) is 46.1. The minimum Gasteiger partial charge on any atom is -0.455 e. The molecule has 2 bridgehead atoms. The topological polar surface area (TPSA) is 247 Å². The Kier molecular flexibility index (Phi) is 18.3. The van der Waals surface area contributed by atoms with Crippen LogP contribution in [-0.2, 0) is 68.4 Å². The number of ether oxygens (including phenoxy) is 9. The number of aliphatic hydroxyl groups is 1. The van der Waals surface area contributed by atoms with Crippen molar-refractivity contribution in [1.29, 1.82) is 0 Å². The SMILES string of the molecule is CO[C@H]1C(=O)[C@]2(C)[C@@H](OC)C[C@H]3OC[C@@]3(OC(C)=O)[C@H]2[C@H](OC(=O)c2ccccc2)[C@]2(O)C[C@H](OC(=O)[C@H](OC(=O)CCCCCNC(=O)OCc3ccccc3)[C@@H](NC(=O)OC(C)(C)C)c3ccccc3)C(C)=C1C2(C)C. The lowest BCUT2D eigenvalue weighted by atomic mass is 9.44. The molecule has 1 saturated heterocycles. The van der Waals surface area contributed by atoms with Crippen LogP contribution < -0.4 is 10.6 Å². The highest BCUT2D eigenvalue weighted by Crippen LogP contribution is 2.65. The summed E-state index contributed by atoms with van der Waals surface area (Å²) in [5.74, 6) is -5.48. The summed E-state index contributed by atoms with van der Waals surface area (Å²) >= 11 is 0. The van der Waals surface area contributed by atoms with Gasteiger partial charge in [-0.3, -0.25) is 14.4 Å². The quantitative estimate of drug-likeness (QED) is 0.0452. The molecule has 3 N–H and O–H groups in total. The number of esters is 4. The number of rotatable bonds is 19. The van der Waals surface area contributed by atoms with Crippen LogP contribution in [0.5, 0.6) is 0 Å². The van der Waals surface area contributed by atoms with Crippen LogP contribution in [-0.4, -0.2) is 128 Å². The Morgan fingerprint density at radius 2 is 1.47 bits per heavy atom. The first-order valence-corrected chi connectivity index (χ1v) is 26.4. The molecular formula is C59H74N2O17. The second kappa shape index (κ2) is 24.1. The van der Waals surface area contributed by atoms with E-state index >= 15 is 9.59 Å². The van der Waals surface area contributed by atoms with Gasteiger partial charge in [-0.15, -0.1) is 0 Å². The van der Waals surface area contributed by atoms with Gasteiger partial charge in [-0.2, -0.15) is 0 Å². The van der Waals surface area contributed by atoms with Crippen molar-refractivity contribution >= 4 is 41.8 Å². The molecule has 0 spiro atoms. The number of amides is 2. The molecule has 3 fully saturated rings. The number of Topliss-reactive ketones (excluding diaryl/α,β-unsaturated/α-hetero) is 1. The lowest BCUT2D eigenvalue weighted by molar-refractivity contribution is -0.347. The minimum atomic E-state index is -2.31. The molecule has 3 aliphatic carbocycles. The molecule has 11 atom stereocenters. The number of carbonyl (C=O) groups is 7. The van der Waals surface area contributed by atoms with Crippen molar-refractivity contribution in [3.05, 3.63) is 119 Å². The zero-order valence-electron chi connectivity index (χ0n) is 46.1. The first kappa shape index (κ1) is 59.0. The second-order valence-corrected chi connectivity index (χ2v) is 22.3. The van der Waals surface area contributed by atoms with E-state index in [1.54, 1.807) is 97.0 Å². The number of methoxy groups -OCH3 is 2. The maximum Gasteiger partial charge on any atom is 0.408 e. The molecule has 78 heavy (non-hydrogen) atoms. The standard InChI is InChI=1S/C59H74N2O17/c1-35-40(74-52(66)47(45(38-25-17-12-18-26-38)61-54(68)78-55(3,4)5)75-43(63)29-21-14-22-30-60-53(67)72-33-37-23-15-11-16-24-37)32-59(69)50(76-51(65)39-27-19-13-20-28-39)48-57(8,49(64)46(71-10)44(35)56(59,6)7)41(70-9)31-42-58(48,34-73-42)77-36(2)62/h11-13,15-20,23-28,40-42,45-48,50,69H,14,21-22,29-34H2,1-10H3,(H,60,67)(H,61,68)/t40-,41-,42+,45-,46+,47+,48-,50-,57+,58-,59+/m0/s1. The van der Waals surface area contributed by atoms with E-state index in [-0.39, 0.29) is 50.2 Å². The highest BCUT2D eigenvalue weighted by Gasteiger charge is 2.78. The van der Waals surface area contributed by atoms with Crippen LogP contribution in [0.25, 0.3) is 0 Å². The number of hydrogen-bond donors (Lipinski definition) is 3. The predicted octanol–water partition coefficient (Wildman–Crippen LogP) is 7.61. The summed E-state index contributed by atoms with van der Waals surface area (Å²) in [6, 6.07) is 24.2. The van der Waals surface area contributed by atoms with Gasteiger partial charge in [-0.1, -0.05) is 99.1 Å². The molecule has 3 aromatic carbocycles. The van der Waals surface area contributed by atoms with Crippen molar-refractivity contribution in [2.24, 2.45) is 16.7 Å². The van der Waals surface area contributed by atoms with E-state index in [1.807, 2.05) is 30.3 Å². The summed E-state index contributed by atoms with van der Waals surface area (Å²) in [7, 11) is 2.77. The van der Waals surface area contributed by atoms with Crippen molar-refractivity contribution in [3.63, 3.8) is 0 Å². The van der Waals surface area contributed by atoms with Gasteiger partial charge >= 0.3 is 36.1 Å². The molecule has 19 nitrogen and oxygen atoms in total. The van der Waals surface area contributed by atoms with E-state index in [1.165, 1.54) is 33.3 Å². The van der Waals surface area contributed by atoms with Crippen molar-refractivity contribution in [2.45, 2.75) is 160 Å². The Morgan fingerprint density at radius 1 is 0.833 bits per heavy atom. The molecule has 1 aliphatic heterocycles. The van der Waals surface area contributed by atoms with E-state index < -0.39 is 124 Å². The number of ketones is 1. The van der Waals surface area contributed by atoms with Crippen molar-refractivity contribution in [2.75, 3.05) is 27.4 Å². The van der Waals surface area contributed by atoms with E-state index in [0.717, 1.165) is 5.56 Å². The number of benzene rings is 3. The summed E-state index contributed by atoms with van der Waals surface area (Å²) < 4.78 is 54.7. The molecule has 4 aliphatic rings. The molecule has 0 radical (unpaired) electrons. The predicted molar refractivity (Wildman–Crippen MR) is 280 cm³/mol. The minimum absolute atomic E-state index is 0.0850. The van der Waals surface area contributed by atoms with Crippen LogP contribution in [0.4, 0.5) is 9.59 Å². The van der Waals surface area contributed by atoms with Crippen molar-refractivity contribution in [3.8, 4) is 0 Å². The molecule has 19 heteroatoms. The number of nitrogens with one attached hydrogen (secondary N) is 2. The smallest absolute Gasteiger partial charge is 0.408 e. The highest BCUT2D eigenvalue weighted by molar-refractivity contribution is 5.94. The van der Waals surface area contributed by atoms with Gasteiger partial charge in [0.05, 0.1) is 29.6 Å². The molecular weight excluding hydrogens is 1010 g/mol. The molecule has 2 saturated carbocycles. The van der Waals surface area contributed by atoms with Gasteiger partial charge < -0.3 is 58.4 Å². The zero-order chi connectivity index (χ0) is 56.8. The van der Waals surface area contributed by atoms with Crippen LogP contribution in [0.1, 0.15) is 121 Å². The van der Waals surface area contributed by atoms with Gasteiger partial charge in [-0.25, -0.2) is 19.2 Å². The third-order valence-electron chi connectivity index (χ3n) is 15.8. The first-order valence-electron chi connectivity index (χ1n) is 26.4. The van der Waals surface area contributed by atoms with Crippen LogP contribution in [0.3, 0.4) is 0 Å². The van der Waals surface area contributed by atoms with E-state index in [4.69, 9.17) is 42.6 Å². The number of fused-ring (bicyclic) bond motifs is 5. The lowest BCUT2D eigenvalue weighted by Crippen LogP contribution is -2.82. The molecule has 3 aromatic rings. The Hall–Kier alpha value is -6.67. The van der Waals surface area contributed by atoms with Crippen molar-refractivity contribution in [1.82, 2.24) is 10.6 Å². The summed E-state index contributed by atoms with van der Waals surface area (Å²) in [4.78, 5) is 99.0. The summed E-state index contributed by atoms with van der Waals surface area (Å²) in [5.41, 5.74) is -6.42. The highest BCUT2D eigenvalue weighted by atomic mass is 16.6. The maximum absolute atomic E-state index is 15.9. The summed E-state index contributed by atoms with van der Waals surface area (Å²) in [6.45, 7) is 13.0. The lowest BCUT2D eigenvalue weighted by Gasteiger charge is -2.67. The largest absolute Gasteiger partial charge is 0.455 e. The Bertz CT molecular complexity index is 2690. The monoisotopic (exact) mass is 1080 g/mol. The van der Waals surface area contributed by atoms with Gasteiger partial charge in [0.1, 0.15) is 48.3 Å². The van der Waals surface area contributed by atoms with Gasteiger partial charge in [0.25, 0.3) is 0 Å². The summed E-state index contributed by atoms with van der Waals surface area (Å²) in [6.07, 6.45) is -9.23. The molecule has 422 valence electrons. The fourth-order valence-electron chi connectivity index (χ4n) is 11.9. The normalized spacial score (nSPS) is 27.8. The fraction of sp³-hybridized carbons (Fsp3) is 0.542. The molecule has 0 aromatic heterocycles. The fourth-order valence-corrected chi connectivity index (χ4v) is 11.9. The third-order valence-corrected chi connectivity index (χ3v) is 15.8.